The molecule has 2 aromatic rings. The lowest BCUT2D eigenvalue weighted by Crippen LogP contribution is -2.53. The van der Waals surface area contributed by atoms with Crippen LogP contribution in [0.25, 0.3) is 10.1 Å². The van der Waals surface area contributed by atoms with Crippen molar-refractivity contribution >= 4 is 21.4 Å². The van der Waals surface area contributed by atoms with Crippen molar-refractivity contribution in [3.05, 3.63) is 35.2 Å². The number of rotatable bonds is 2. The minimum Gasteiger partial charge on any atom is -0.330 e. The van der Waals surface area contributed by atoms with E-state index in [1.807, 2.05) is 30.3 Å². The smallest absolute Gasteiger partial charge is 0.250 e. The van der Waals surface area contributed by atoms with Gasteiger partial charge in [0.2, 0.25) is 5.92 Å². The van der Waals surface area contributed by atoms with Crippen LogP contribution in [-0.2, 0) is 5.41 Å². The van der Waals surface area contributed by atoms with Gasteiger partial charge in [-0.2, -0.15) is 0 Å². The third kappa shape index (κ3) is 1.67. The molecule has 2 N–H and O–H groups in total. The van der Waals surface area contributed by atoms with Crippen LogP contribution in [0.5, 0.6) is 0 Å². The van der Waals surface area contributed by atoms with Gasteiger partial charge in [-0.3, -0.25) is 0 Å². The molecule has 1 aromatic carbocycles. The van der Waals surface area contributed by atoms with Crippen LogP contribution in [0.3, 0.4) is 0 Å². The largest absolute Gasteiger partial charge is 0.330 e. The highest BCUT2D eigenvalue weighted by atomic mass is 32.1. The topological polar surface area (TPSA) is 26.0 Å². The second kappa shape index (κ2) is 3.50. The Morgan fingerprint density at radius 3 is 2.53 bits per heavy atom. The lowest BCUT2D eigenvalue weighted by atomic mass is 9.65. The van der Waals surface area contributed by atoms with Crippen LogP contribution < -0.4 is 5.73 Å². The van der Waals surface area contributed by atoms with Crippen molar-refractivity contribution in [2.24, 2.45) is 5.73 Å². The van der Waals surface area contributed by atoms with Gasteiger partial charge in [-0.15, -0.1) is 11.3 Å². The fraction of sp³-hybridized carbons (Fsp3) is 0.385. The first kappa shape index (κ1) is 11.1. The van der Waals surface area contributed by atoms with Crippen molar-refractivity contribution in [3.63, 3.8) is 0 Å². The van der Waals surface area contributed by atoms with E-state index in [0.717, 1.165) is 15.0 Å². The van der Waals surface area contributed by atoms with E-state index in [2.05, 4.69) is 0 Å². The molecule has 1 aliphatic carbocycles. The van der Waals surface area contributed by atoms with Gasteiger partial charge in [-0.1, -0.05) is 18.2 Å². The number of thiophene rings is 1. The van der Waals surface area contributed by atoms with E-state index >= 15 is 0 Å². The summed E-state index contributed by atoms with van der Waals surface area (Å²) in [6, 6.07) is 9.97. The molecule has 1 saturated carbocycles. The maximum Gasteiger partial charge on any atom is 0.250 e. The number of benzene rings is 1. The maximum absolute atomic E-state index is 13.1. The van der Waals surface area contributed by atoms with E-state index in [0.29, 0.717) is 6.54 Å². The van der Waals surface area contributed by atoms with E-state index in [9.17, 15) is 8.78 Å². The van der Waals surface area contributed by atoms with Crippen LogP contribution in [0.1, 0.15) is 17.7 Å². The number of hydrogen-bond donors (Lipinski definition) is 1. The molecule has 4 heteroatoms. The molecule has 0 radical (unpaired) electrons. The fourth-order valence-corrected chi connectivity index (χ4v) is 3.86. The summed E-state index contributed by atoms with van der Waals surface area (Å²) in [5.41, 5.74) is 5.22. The predicted octanol–water partition coefficient (Wildman–Crippen LogP) is 3.53. The van der Waals surface area contributed by atoms with E-state index in [-0.39, 0.29) is 12.8 Å². The molecule has 17 heavy (non-hydrogen) atoms. The zero-order valence-electron chi connectivity index (χ0n) is 9.25. The second-order valence-corrected chi connectivity index (χ2v) is 5.93. The Labute approximate surface area is 102 Å². The molecule has 1 aromatic heterocycles. The quantitative estimate of drug-likeness (QED) is 0.870. The monoisotopic (exact) mass is 253 g/mol. The third-order valence-corrected chi connectivity index (χ3v) is 4.90. The molecular weight excluding hydrogens is 240 g/mol. The highest BCUT2D eigenvalue weighted by molar-refractivity contribution is 7.19. The van der Waals surface area contributed by atoms with Crippen molar-refractivity contribution in [1.29, 1.82) is 0 Å². The summed E-state index contributed by atoms with van der Waals surface area (Å²) in [5.74, 6) is -2.53. The van der Waals surface area contributed by atoms with Crippen molar-refractivity contribution in [3.8, 4) is 0 Å². The minimum atomic E-state index is -2.53. The third-order valence-electron chi connectivity index (χ3n) is 3.53. The van der Waals surface area contributed by atoms with Crippen LogP contribution in [0.4, 0.5) is 8.78 Å². The van der Waals surface area contributed by atoms with E-state index in [4.69, 9.17) is 5.73 Å². The molecular formula is C13H13F2NS. The van der Waals surface area contributed by atoms with Gasteiger partial charge in [0, 0.05) is 34.4 Å². The van der Waals surface area contributed by atoms with Crippen LogP contribution in [-0.4, -0.2) is 12.5 Å². The average Bonchev–Trinajstić information content (AvgIpc) is 2.68. The lowest BCUT2D eigenvalue weighted by Gasteiger charge is -2.46. The van der Waals surface area contributed by atoms with E-state index < -0.39 is 11.3 Å². The molecule has 0 saturated heterocycles. The molecule has 0 bridgehead atoms. The van der Waals surface area contributed by atoms with E-state index in [1.165, 1.54) is 0 Å². The zero-order chi connectivity index (χ0) is 12.1. The summed E-state index contributed by atoms with van der Waals surface area (Å²) in [6.07, 6.45) is -0.216. The van der Waals surface area contributed by atoms with Gasteiger partial charge in [0.1, 0.15) is 0 Å². The fourth-order valence-electron chi connectivity index (χ4n) is 2.60. The number of hydrogen-bond acceptors (Lipinski definition) is 2. The number of alkyl halides is 2. The maximum atomic E-state index is 13.1. The minimum absolute atomic E-state index is 0.108. The van der Waals surface area contributed by atoms with Crippen LogP contribution >= 0.6 is 11.3 Å². The second-order valence-electron chi connectivity index (χ2n) is 4.84. The Hall–Kier alpha value is -1.00. The average molecular weight is 253 g/mol. The standard InChI is InChI=1S/C13H13F2NS/c14-13(15)6-12(7-13,8-16)11-5-9-3-1-2-4-10(9)17-11/h1-5H,6-8,16H2. The van der Waals surface area contributed by atoms with Gasteiger partial charge >= 0.3 is 0 Å². The summed E-state index contributed by atoms with van der Waals surface area (Å²) in [6.45, 7) is 0.301. The first-order chi connectivity index (χ1) is 8.05. The summed E-state index contributed by atoms with van der Waals surface area (Å²) in [4.78, 5) is 1.01. The molecule has 0 spiro atoms. The predicted molar refractivity (Wildman–Crippen MR) is 66.7 cm³/mol. The zero-order valence-corrected chi connectivity index (χ0v) is 10.1. The molecule has 0 amide bonds. The van der Waals surface area contributed by atoms with Gasteiger partial charge in [-0.25, -0.2) is 8.78 Å². The van der Waals surface area contributed by atoms with Gasteiger partial charge in [0.25, 0.3) is 0 Å². The molecule has 1 aliphatic rings. The summed E-state index contributed by atoms with van der Waals surface area (Å²) >= 11 is 1.59. The molecule has 0 aliphatic heterocycles. The van der Waals surface area contributed by atoms with Crippen LogP contribution in [0.2, 0.25) is 0 Å². The lowest BCUT2D eigenvalue weighted by molar-refractivity contribution is -0.122. The number of halogens is 2. The van der Waals surface area contributed by atoms with Crippen molar-refractivity contribution in [2.75, 3.05) is 6.54 Å². The molecule has 1 nitrogen and oxygen atoms in total. The van der Waals surface area contributed by atoms with Crippen molar-refractivity contribution < 1.29 is 8.78 Å². The Kier molecular flexibility index (Phi) is 2.28. The Morgan fingerprint density at radius 2 is 1.94 bits per heavy atom. The highest BCUT2D eigenvalue weighted by Crippen LogP contribution is 2.54. The molecule has 1 fully saturated rings. The SMILES string of the molecule is NCC1(c2cc3ccccc3s2)CC(F)(F)C1. The van der Waals surface area contributed by atoms with Gasteiger partial charge in [0.05, 0.1) is 0 Å². The first-order valence-corrected chi connectivity index (χ1v) is 6.43. The summed E-state index contributed by atoms with van der Waals surface area (Å²) in [7, 11) is 0. The van der Waals surface area contributed by atoms with Crippen molar-refractivity contribution in [2.45, 2.75) is 24.2 Å². The Bertz CT molecular complexity index is 520. The van der Waals surface area contributed by atoms with Crippen molar-refractivity contribution in [1.82, 2.24) is 0 Å². The molecule has 90 valence electrons. The molecule has 0 unspecified atom stereocenters. The van der Waals surface area contributed by atoms with E-state index in [1.54, 1.807) is 11.3 Å². The Morgan fingerprint density at radius 1 is 1.24 bits per heavy atom. The number of nitrogens with two attached hydrogens (primary N) is 1. The summed E-state index contributed by atoms with van der Waals surface area (Å²) < 4.78 is 27.4. The highest BCUT2D eigenvalue weighted by Gasteiger charge is 2.57. The van der Waals surface area contributed by atoms with Crippen LogP contribution in [0.15, 0.2) is 30.3 Å². The number of fused-ring (bicyclic) bond motifs is 1. The molecule has 0 atom stereocenters. The normalized spacial score (nSPS) is 21.4. The van der Waals surface area contributed by atoms with Crippen LogP contribution in [0, 0.1) is 0 Å². The van der Waals surface area contributed by atoms with Gasteiger partial charge in [0.15, 0.2) is 0 Å². The van der Waals surface area contributed by atoms with Gasteiger partial charge in [-0.05, 0) is 17.5 Å². The Balaban J connectivity index is 2.03. The molecule has 1 heterocycles. The van der Waals surface area contributed by atoms with Gasteiger partial charge < -0.3 is 5.73 Å². The molecule has 3 rings (SSSR count). The first-order valence-electron chi connectivity index (χ1n) is 5.62. The summed E-state index contributed by atoms with van der Waals surface area (Å²) in [5, 5.41) is 1.12.